The lowest BCUT2D eigenvalue weighted by atomic mass is 10.0. The lowest BCUT2D eigenvalue weighted by Gasteiger charge is -2.03. The van der Waals surface area contributed by atoms with Gasteiger partial charge in [-0.05, 0) is 31.4 Å². The molecule has 0 unspecified atom stereocenters. The van der Waals surface area contributed by atoms with Gasteiger partial charge in [0.05, 0.1) is 5.69 Å². The summed E-state index contributed by atoms with van der Waals surface area (Å²) in [6.45, 7) is 4.12. The molecule has 3 heteroatoms. The number of hydrogen-bond donors (Lipinski definition) is 1. The maximum Gasteiger partial charge on any atom is 0.294 e. The molecular formula is C14H18N2O. The summed E-state index contributed by atoms with van der Waals surface area (Å²) in [5.74, 6) is 0.970. The highest BCUT2D eigenvalue weighted by Crippen LogP contribution is 2.17. The average molecular weight is 230 g/mol. The van der Waals surface area contributed by atoms with E-state index in [-0.39, 0.29) is 0 Å². The van der Waals surface area contributed by atoms with Crippen molar-refractivity contribution < 1.29 is 4.42 Å². The summed E-state index contributed by atoms with van der Waals surface area (Å²) in [5.41, 5.74) is 3.68. The second-order valence-electron chi connectivity index (χ2n) is 4.20. The Hall–Kier alpha value is -1.77. The fourth-order valence-electron chi connectivity index (χ4n) is 1.91. The van der Waals surface area contributed by atoms with Crippen LogP contribution in [0.5, 0.6) is 0 Å². The van der Waals surface area contributed by atoms with E-state index in [2.05, 4.69) is 41.5 Å². The van der Waals surface area contributed by atoms with Gasteiger partial charge in [-0.3, -0.25) is 0 Å². The van der Waals surface area contributed by atoms with Crippen LogP contribution in [0.2, 0.25) is 0 Å². The molecule has 0 saturated carbocycles. The Kier molecular flexibility index (Phi) is 3.47. The number of aryl methyl sites for hydroxylation is 4. The molecule has 0 saturated heterocycles. The minimum atomic E-state index is 0.599. The molecule has 1 N–H and O–H groups in total. The molecule has 90 valence electrons. The number of aromatic nitrogens is 1. The molecule has 1 aromatic heterocycles. The van der Waals surface area contributed by atoms with Crippen molar-refractivity contribution in [1.82, 2.24) is 4.98 Å². The van der Waals surface area contributed by atoms with Crippen LogP contribution in [0.25, 0.3) is 0 Å². The third-order valence-electron chi connectivity index (χ3n) is 2.99. The first-order valence-corrected chi connectivity index (χ1v) is 5.89. The number of benzene rings is 1. The van der Waals surface area contributed by atoms with Gasteiger partial charge in [0.1, 0.15) is 5.76 Å². The van der Waals surface area contributed by atoms with E-state index in [1.807, 2.05) is 14.0 Å². The van der Waals surface area contributed by atoms with Crippen molar-refractivity contribution in [1.29, 1.82) is 0 Å². The number of nitrogens with zero attached hydrogens (tertiary/aromatic N) is 1. The summed E-state index contributed by atoms with van der Waals surface area (Å²) in [6.07, 6.45) is 1.89. The Morgan fingerprint density at radius 1 is 1.18 bits per heavy atom. The standard InChI is InChI=1S/C14H18N2O/c1-10-6-4-5-7-12(10)8-9-13-11(2)16-14(15-3)17-13/h4-7H,8-9H2,1-3H3,(H,15,16). The van der Waals surface area contributed by atoms with E-state index in [9.17, 15) is 0 Å². The second-order valence-corrected chi connectivity index (χ2v) is 4.20. The van der Waals surface area contributed by atoms with Gasteiger partial charge >= 0.3 is 0 Å². The molecule has 0 aliphatic carbocycles. The molecule has 0 fully saturated rings. The highest BCUT2D eigenvalue weighted by Gasteiger charge is 2.08. The van der Waals surface area contributed by atoms with Crippen LogP contribution >= 0.6 is 0 Å². The number of rotatable bonds is 4. The summed E-state index contributed by atoms with van der Waals surface area (Å²) in [5, 5.41) is 2.92. The Bertz CT molecular complexity index is 503. The zero-order valence-corrected chi connectivity index (χ0v) is 10.6. The van der Waals surface area contributed by atoms with Gasteiger partial charge in [-0.1, -0.05) is 24.3 Å². The summed E-state index contributed by atoms with van der Waals surface area (Å²) in [4.78, 5) is 4.29. The van der Waals surface area contributed by atoms with Crippen molar-refractivity contribution in [2.75, 3.05) is 12.4 Å². The molecule has 0 atom stereocenters. The first-order valence-electron chi connectivity index (χ1n) is 5.89. The summed E-state index contributed by atoms with van der Waals surface area (Å²) >= 11 is 0. The predicted molar refractivity (Wildman–Crippen MR) is 69.4 cm³/mol. The molecule has 3 nitrogen and oxygen atoms in total. The van der Waals surface area contributed by atoms with Gasteiger partial charge < -0.3 is 9.73 Å². The minimum Gasteiger partial charge on any atom is -0.428 e. The van der Waals surface area contributed by atoms with Crippen LogP contribution in [0.1, 0.15) is 22.6 Å². The van der Waals surface area contributed by atoms with Crippen LogP contribution in [0.4, 0.5) is 6.01 Å². The van der Waals surface area contributed by atoms with Gasteiger partial charge in [0.2, 0.25) is 0 Å². The van der Waals surface area contributed by atoms with Crippen molar-refractivity contribution in [2.45, 2.75) is 26.7 Å². The smallest absolute Gasteiger partial charge is 0.294 e. The largest absolute Gasteiger partial charge is 0.428 e. The monoisotopic (exact) mass is 230 g/mol. The van der Waals surface area contributed by atoms with Gasteiger partial charge in [-0.15, -0.1) is 0 Å². The SMILES string of the molecule is CNc1nc(C)c(CCc2ccccc2C)o1. The van der Waals surface area contributed by atoms with E-state index in [0.29, 0.717) is 6.01 Å². The van der Waals surface area contributed by atoms with Crippen molar-refractivity contribution >= 4 is 6.01 Å². The fraction of sp³-hybridized carbons (Fsp3) is 0.357. The van der Waals surface area contributed by atoms with E-state index >= 15 is 0 Å². The minimum absolute atomic E-state index is 0.599. The lowest BCUT2D eigenvalue weighted by molar-refractivity contribution is 0.516. The topological polar surface area (TPSA) is 38.1 Å². The summed E-state index contributed by atoms with van der Waals surface area (Å²) in [7, 11) is 1.82. The third kappa shape index (κ3) is 2.67. The van der Waals surface area contributed by atoms with Crippen molar-refractivity contribution in [3.05, 3.63) is 46.8 Å². The molecular weight excluding hydrogens is 212 g/mol. The molecule has 0 amide bonds. The summed E-state index contributed by atoms with van der Waals surface area (Å²) in [6, 6.07) is 9.05. The number of hydrogen-bond acceptors (Lipinski definition) is 3. The van der Waals surface area contributed by atoms with Gasteiger partial charge in [0.15, 0.2) is 0 Å². The van der Waals surface area contributed by atoms with E-state index in [4.69, 9.17) is 4.42 Å². The maximum atomic E-state index is 5.60. The van der Waals surface area contributed by atoms with Crippen LogP contribution in [0, 0.1) is 13.8 Å². The number of anilines is 1. The molecule has 1 aromatic carbocycles. The van der Waals surface area contributed by atoms with Gasteiger partial charge in [-0.25, -0.2) is 0 Å². The summed E-state index contributed by atoms with van der Waals surface area (Å²) < 4.78 is 5.60. The Morgan fingerprint density at radius 2 is 1.94 bits per heavy atom. The van der Waals surface area contributed by atoms with E-state index in [1.54, 1.807) is 0 Å². The van der Waals surface area contributed by atoms with E-state index < -0.39 is 0 Å². The highest BCUT2D eigenvalue weighted by atomic mass is 16.4. The number of oxazole rings is 1. The van der Waals surface area contributed by atoms with Crippen LogP contribution in [-0.2, 0) is 12.8 Å². The molecule has 0 bridgehead atoms. The van der Waals surface area contributed by atoms with E-state index in [1.165, 1.54) is 11.1 Å². The van der Waals surface area contributed by atoms with Gasteiger partial charge in [0.25, 0.3) is 6.01 Å². The molecule has 2 aromatic rings. The quantitative estimate of drug-likeness (QED) is 0.877. The Morgan fingerprint density at radius 3 is 2.59 bits per heavy atom. The highest BCUT2D eigenvalue weighted by molar-refractivity contribution is 5.28. The molecule has 2 rings (SSSR count). The van der Waals surface area contributed by atoms with Crippen molar-refractivity contribution in [3.63, 3.8) is 0 Å². The van der Waals surface area contributed by atoms with Crippen LogP contribution in [0.3, 0.4) is 0 Å². The molecule has 0 spiro atoms. The van der Waals surface area contributed by atoms with Crippen molar-refractivity contribution in [3.8, 4) is 0 Å². The Labute approximate surface area is 102 Å². The lowest BCUT2D eigenvalue weighted by Crippen LogP contribution is -1.94. The maximum absolute atomic E-state index is 5.60. The molecule has 0 aliphatic rings. The number of nitrogens with one attached hydrogen (secondary N) is 1. The third-order valence-corrected chi connectivity index (χ3v) is 2.99. The van der Waals surface area contributed by atoms with Crippen LogP contribution in [-0.4, -0.2) is 12.0 Å². The first kappa shape index (κ1) is 11.7. The van der Waals surface area contributed by atoms with Crippen LogP contribution < -0.4 is 5.32 Å². The predicted octanol–water partition coefficient (Wildman–Crippen LogP) is 3.12. The zero-order valence-electron chi connectivity index (χ0n) is 10.6. The normalized spacial score (nSPS) is 10.5. The fourth-order valence-corrected chi connectivity index (χ4v) is 1.91. The molecule has 0 radical (unpaired) electrons. The van der Waals surface area contributed by atoms with Gasteiger partial charge in [0, 0.05) is 13.5 Å². The van der Waals surface area contributed by atoms with Crippen LogP contribution in [0.15, 0.2) is 28.7 Å². The zero-order chi connectivity index (χ0) is 12.3. The average Bonchev–Trinajstić information content (AvgIpc) is 2.69. The first-order chi connectivity index (χ1) is 8.20. The molecule has 1 heterocycles. The molecule has 0 aliphatic heterocycles. The van der Waals surface area contributed by atoms with Crippen molar-refractivity contribution in [2.24, 2.45) is 0 Å². The van der Waals surface area contributed by atoms with Gasteiger partial charge in [-0.2, -0.15) is 4.98 Å². The second kappa shape index (κ2) is 5.04. The molecule has 17 heavy (non-hydrogen) atoms. The Balaban J connectivity index is 2.07. The van der Waals surface area contributed by atoms with E-state index in [0.717, 1.165) is 24.3 Å².